The maximum absolute atomic E-state index is 12.4. The molecular weight excluding hydrogens is 274 g/mol. The summed E-state index contributed by atoms with van der Waals surface area (Å²) in [4.78, 5) is 4.35. The third kappa shape index (κ3) is 2.33. The Morgan fingerprint density at radius 2 is 2.05 bits per heavy atom. The molecule has 1 aliphatic rings. The van der Waals surface area contributed by atoms with Crippen LogP contribution in [0.3, 0.4) is 0 Å². The van der Waals surface area contributed by atoms with Crippen molar-refractivity contribution in [3.05, 3.63) is 29.7 Å². The molecule has 108 valence electrons. The van der Waals surface area contributed by atoms with Crippen LogP contribution in [0.15, 0.2) is 23.4 Å². The number of aromatic nitrogens is 2. The van der Waals surface area contributed by atoms with Crippen LogP contribution in [-0.2, 0) is 22.9 Å². The van der Waals surface area contributed by atoms with Crippen LogP contribution in [-0.4, -0.2) is 23.8 Å². The molecule has 1 fully saturated rings. The largest absolute Gasteiger partial charge is 0.302 e. The minimum absolute atomic E-state index is 0.0942. The summed E-state index contributed by atoms with van der Waals surface area (Å²) >= 11 is 0. The standard InChI is InChI=1S/C14H19N3O2S/c1-3-10-5-8-12-14(15-13(4-2)17(12)9-10)20(18,19)16-11-6-7-11/h5,8-9,11,16H,3-4,6-7H2,1-2H3. The average Bonchev–Trinajstić information content (AvgIpc) is 3.15. The molecule has 20 heavy (non-hydrogen) atoms. The molecule has 0 bridgehead atoms. The van der Waals surface area contributed by atoms with Gasteiger partial charge in [0.15, 0.2) is 5.03 Å². The first-order chi connectivity index (χ1) is 9.55. The summed E-state index contributed by atoms with van der Waals surface area (Å²) in [6.45, 7) is 4.06. The van der Waals surface area contributed by atoms with Gasteiger partial charge in [0, 0.05) is 18.7 Å². The highest BCUT2D eigenvalue weighted by Crippen LogP contribution is 2.25. The zero-order valence-electron chi connectivity index (χ0n) is 11.8. The van der Waals surface area contributed by atoms with Crippen molar-refractivity contribution in [1.29, 1.82) is 0 Å². The lowest BCUT2D eigenvalue weighted by Gasteiger charge is -2.04. The van der Waals surface area contributed by atoms with Crippen LogP contribution in [0.4, 0.5) is 0 Å². The van der Waals surface area contributed by atoms with E-state index < -0.39 is 10.0 Å². The number of nitrogens with one attached hydrogen (secondary N) is 1. The topological polar surface area (TPSA) is 63.5 Å². The number of pyridine rings is 1. The maximum atomic E-state index is 12.4. The molecular formula is C14H19N3O2S. The second-order valence-corrected chi connectivity index (χ2v) is 6.86. The van der Waals surface area contributed by atoms with E-state index in [-0.39, 0.29) is 11.1 Å². The Hall–Kier alpha value is -1.40. The first-order valence-corrected chi connectivity index (χ1v) is 8.55. The monoisotopic (exact) mass is 293 g/mol. The molecule has 0 amide bonds. The van der Waals surface area contributed by atoms with Crippen molar-refractivity contribution < 1.29 is 8.42 Å². The fraction of sp³-hybridized carbons (Fsp3) is 0.500. The summed E-state index contributed by atoms with van der Waals surface area (Å²) < 4.78 is 29.4. The molecule has 3 rings (SSSR count). The number of imidazole rings is 1. The molecule has 0 saturated heterocycles. The molecule has 2 heterocycles. The molecule has 0 atom stereocenters. The van der Waals surface area contributed by atoms with Crippen molar-refractivity contribution in [2.75, 3.05) is 0 Å². The molecule has 2 aromatic rings. The van der Waals surface area contributed by atoms with Gasteiger partial charge in [-0.25, -0.2) is 18.1 Å². The highest BCUT2D eigenvalue weighted by atomic mass is 32.2. The Bertz CT molecular complexity index is 745. The molecule has 0 unspecified atom stereocenters. The average molecular weight is 293 g/mol. The van der Waals surface area contributed by atoms with Gasteiger partial charge in [0.25, 0.3) is 10.0 Å². The van der Waals surface area contributed by atoms with Crippen LogP contribution in [0, 0.1) is 0 Å². The van der Waals surface area contributed by atoms with Gasteiger partial charge in [0.05, 0.1) is 5.52 Å². The van der Waals surface area contributed by atoms with E-state index in [2.05, 4.69) is 16.6 Å². The molecule has 0 aromatic carbocycles. The zero-order valence-corrected chi connectivity index (χ0v) is 12.6. The number of nitrogens with zero attached hydrogens (tertiary/aromatic N) is 2. The van der Waals surface area contributed by atoms with Crippen LogP contribution < -0.4 is 4.72 Å². The Labute approximate surface area is 119 Å². The molecule has 2 aromatic heterocycles. The second-order valence-electron chi connectivity index (χ2n) is 5.23. The highest BCUT2D eigenvalue weighted by Gasteiger charge is 2.31. The van der Waals surface area contributed by atoms with Gasteiger partial charge in [-0.2, -0.15) is 0 Å². The summed E-state index contributed by atoms with van der Waals surface area (Å²) in [5.74, 6) is 0.784. The summed E-state index contributed by atoms with van der Waals surface area (Å²) in [6, 6.07) is 3.91. The molecule has 0 radical (unpaired) electrons. The minimum Gasteiger partial charge on any atom is -0.302 e. The van der Waals surface area contributed by atoms with E-state index in [1.165, 1.54) is 5.56 Å². The molecule has 1 saturated carbocycles. The van der Waals surface area contributed by atoms with Crippen LogP contribution in [0.5, 0.6) is 0 Å². The highest BCUT2D eigenvalue weighted by molar-refractivity contribution is 7.89. The summed E-state index contributed by atoms with van der Waals surface area (Å²) in [7, 11) is -3.51. The van der Waals surface area contributed by atoms with Gasteiger partial charge in [-0.3, -0.25) is 0 Å². The lowest BCUT2D eigenvalue weighted by Crippen LogP contribution is -2.26. The quantitative estimate of drug-likeness (QED) is 0.915. The first-order valence-electron chi connectivity index (χ1n) is 7.07. The van der Waals surface area contributed by atoms with E-state index in [0.717, 1.165) is 25.1 Å². The Morgan fingerprint density at radius 3 is 2.65 bits per heavy atom. The number of hydrogen-bond donors (Lipinski definition) is 1. The number of hydrogen-bond acceptors (Lipinski definition) is 3. The van der Waals surface area contributed by atoms with Crippen molar-refractivity contribution in [3.8, 4) is 0 Å². The molecule has 1 aliphatic carbocycles. The van der Waals surface area contributed by atoms with E-state index in [1.807, 2.05) is 29.7 Å². The number of sulfonamides is 1. The second kappa shape index (κ2) is 4.86. The summed E-state index contributed by atoms with van der Waals surface area (Å²) in [5, 5.41) is 0.156. The third-order valence-corrected chi connectivity index (χ3v) is 5.07. The van der Waals surface area contributed by atoms with Gasteiger partial charge in [0.1, 0.15) is 5.82 Å². The number of aryl methyl sites for hydroxylation is 2. The van der Waals surface area contributed by atoms with E-state index >= 15 is 0 Å². The van der Waals surface area contributed by atoms with Crippen molar-refractivity contribution in [2.24, 2.45) is 0 Å². The van der Waals surface area contributed by atoms with E-state index in [4.69, 9.17) is 0 Å². The van der Waals surface area contributed by atoms with Gasteiger partial charge < -0.3 is 4.40 Å². The Morgan fingerprint density at radius 1 is 1.30 bits per heavy atom. The number of fused-ring (bicyclic) bond motifs is 1. The van der Waals surface area contributed by atoms with Gasteiger partial charge in [-0.15, -0.1) is 0 Å². The van der Waals surface area contributed by atoms with E-state index in [1.54, 1.807) is 0 Å². The van der Waals surface area contributed by atoms with Crippen LogP contribution in [0.2, 0.25) is 0 Å². The smallest absolute Gasteiger partial charge is 0.260 e. The zero-order chi connectivity index (χ0) is 14.3. The Kier molecular flexibility index (Phi) is 3.30. The fourth-order valence-electron chi connectivity index (χ4n) is 2.29. The minimum atomic E-state index is -3.51. The lowest BCUT2D eigenvalue weighted by molar-refractivity contribution is 0.578. The van der Waals surface area contributed by atoms with Gasteiger partial charge >= 0.3 is 0 Å². The van der Waals surface area contributed by atoms with E-state index in [9.17, 15) is 8.42 Å². The molecule has 0 spiro atoms. The van der Waals surface area contributed by atoms with Crippen LogP contribution in [0.1, 0.15) is 38.1 Å². The Balaban J connectivity index is 2.15. The van der Waals surface area contributed by atoms with E-state index in [0.29, 0.717) is 11.9 Å². The van der Waals surface area contributed by atoms with Gasteiger partial charge in [-0.1, -0.05) is 19.9 Å². The van der Waals surface area contributed by atoms with Crippen molar-refractivity contribution in [1.82, 2.24) is 14.1 Å². The van der Waals surface area contributed by atoms with Crippen molar-refractivity contribution in [2.45, 2.75) is 50.6 Å². The van der Waals surface area contributed by atoms with Crippen LogP contribution in [0.25, 0.3) is 5.52 Å². The normalized spacial score (nSPS) is 15.9. The fourth-order valence-corrected chi connectivity index (χ4v) is 3.75. The SMILES string of the molecule is CCc1ccc2c(S(=O)(=O)NC3CC3)nc(CC)n2c1. The van der Waals surface area contributed by atoms with Gasteiger partial charge in [-0.05, 0) is 30.9 Å². The summed E-state index contributed by atoms with van der Waals surface area (Å²) in [5.41, 5.74) is 1.83. The molecule has 0 aliphatic heterocycles. The van der Waals surface area contributed by atoms with Crippen LogP contribution >= 0.6 is 0 Å². The predicted octanol–water partition coefficient (Wildman–Crippen LogP) is 1.90. The predicted molar refractivity (Wildman–Crippen MR) is 77.3 cm³/mol. The van der Waals surface area contributed by atoms with Crippen molar-refractivity contribution in [3.63, 3.8) is 0 Å². The van der Waals surface area contributed by atoms with Crippen molar-refractivity contribution >= 4 is 15.5 Å². The number of rotatable bonds is 5. The molecule has 5 nitrogen and oxygen atoms in total. The summed E-state index contributed by atoms with van der Waals surface area (Å²) in [6.07, 6.45) is 5.45. The first kappa shape index (κ1) is 13.6. The maximum Gasteiger partial charge on any atom is 0.260 e. The van der Waals surface area contributed by atoms with Gasteiger partial charge in [0.2, 0.25) is 0 Å². The lowest BCUT2D eigenvalue weighted by atomic mass is 10.2. The third-order valence-electron chi connectivity index (χ3n) is 3.62. The molecule has 6 heteroatoms. The molecule has 1 N–H and O–H groups in total.